The van der Waals surface area contributed by atoms with Crippen LogP contribution in [0.15, 0.2) is 41.2 Å². The number of benzene rings is 1. The number of aromatic nitrogens is 1. The number of pyridine rings is 1. The second-order valence-corrected chi connectivity index (χ2v) is 4.60. The zero-order valence-corrected chi connectivity index (χ0v) is 12.0. The minimum Gasteiger partial charge on any atom is -0.495 e. The molecule has 1 aromatic heterocycles. The second kappa shape index (κ2) is 6.19. The highest BCUT2D eigenvalue weighted by Gasteiger charge is 2.11. The smallest absolute Gasteiger partial charge is 0.272 e. The van der Waals surface area contributed by atoms with Gasteiger partial charge in [-0.2, -0.15) is 0 Å². The summed E-state index contributed by atoms with van der Waals surface area (Å²) >= 11 is 4.89. The van der Waals surface area contributed by atoms with Gasteiger partial charge in [-0.1, -0.05) is 18.3 Å². The average Bonchev–Trinajstić information content (AvgIpc) is 2.47. The van der Waals surface area contributed by atoms with Crippen molar-refractivity contribution in [3.05, 3.63) is 58.0 Å². The predicted octanol–water partition coefficient (Wildman–Crippen LogP) is 1.27. The first-order valence-electron chi connectivity index (χ1n) is 6.00. The van der Waals surface area contributed by atoms with Gasteiger partial charge in [-0.25, -0.2) is 0 Å². The summed E-state index contributed by atoms with van der Waals surface area (Å²) < 4.78 is 5.19. The zero-order valence-electron chi connectivity index (χ0n) is 11.2. The van der Waals surface area contributed by atoms with Crippen molar-refractivity contribution in [2.75, 3.05) is 12.4 Å². The number of ether oxygens (including phenoxy) is 1. The molecule has 21 heavy (non-hydrogen) atoms. The molecular formula is C14H13N3O3S. The Morgan fingerprint density at radius 1 is 1.33 bits per heavy atom. The maximum atomic E-state index is 12.1. The summed E-state index contributed by atoms with van der Waals surface area (Å²) in [6, 6.07) is 9.27. The number of methoxy groups -OCH3 is 1. The van der Waals surface area contributed by atoms with Crippen LogP contribution in [-0.2, 0) is 0 Å². The molecule has 0 radical (unpaired) electrons. The van der Waals surface area contributed by atoms with Crippen molar-refractivity contribution in [2.24, 2.45) is 5.73 Å². The fourth-order valence-electron chi connectivity index (χ4n) is 1.72. The van der Waals surface area contributed by atoms with Gasteiger partial charge in [-0.05, 0) is 24.3 Å². The number of nitrogens with one attached hydrogen (secondary N) is 2. The van der Waals surface area contributed by atoms with E-state index in [1.807, 2.05) is 0 Å². The van der Waals surface area contributed by atoms with Crippen LogP contribution in [0, 0.1) is 0 Å². The first-order chi connectivity index (χ1) is 10.0. The third-order valence-corrected chi connectivity index (χ3v) is 2.98. The van der Waals surface area contributed by atoms with Gasteiger partial charge in [-0.15, -0.1) is 0 Å². The van der Waals surface area contributed by atoms with Crippen molar-refractivity contribution < 1.29 is 9.53 Å². The summed E-state index contributed by atoms with van der Waals surface area (Å²) in [5.74, 6) is -0.0268. The number of hydrogen-bond acceptors (Lipinski definition) is 4. The Morgan fingerprint density at radius 2 is 2.10 bits per heavy atom. The summed E-state index contributed by atoms with van der Waals surface area (Å²) in [5.41, 5.74) is 6.44. The summed E-state index contributed by atoms with van der Waals surface area (Å²) in [7, 11) is 1.47. The van der Waals surface area contributed by atoms with E-state index in [-0.39, 0.29) is 16.2 Å². The number of amides is 1. The Kier molecular flexibility index (Phi) is 4.34. The SMILES string of the molecule is COc1cc(C(N)=S)ccc1NC(=O)c1cccc(=O)[nH]1. The Balaban J connectivity index is 2.29. The molecule has 0 aliphatic rings. The molecule has 1 amide bonds. The molecular weight excluding hydrogens is 290 g/mol. The maximum absolute atomic E-state index is 12.1. The highest BCUT2D eigenvalue weighted by molar-refractivity contribution is 7.80. The topological polar surface area (TPSA) is 97.2 Å². The van der Waals surface area contributed by atoms with E-state index in [4.69, 9.17) is 22.7 Å². The second-order valence-electron chi connectivity index (χ2n) is 4.16. The Hall–Kier alpha value is -2.67. The molecule has 0 atom stereocenters. The molecule has 0 aliphatic heterocycles. The number of rotatable bonds is 4. The number of carbonyl (C=O) groups is 1. The molecule has 0 aliphatic carbocycles. The van der Waals surface area contributed by atoms with E-state index in [0.29, 0.717) is 17.0 Å². The van der Waals surface area contributed by atoms with Gasteiger partial charge in [0.1, 0.15) is 16.4 Å². The van der Waals surface area contributed by atoms with Crippen molar-refractivity contribution >= 4 is 28.8 Å². The van der Waals surface area contributed by atoms with Crippen molar-refractivity contribution in [1.29, 1.82) is 0 Å². The Morgan fingerprint density at radius 3 is 2.71 bits per heavy atom. The molecule has 0 spiro atoms. The molecule has 1 heterocycles. The van der Waals surface area contributed by atoms with Crippen molar-refractivity contribution in [3.8, 4) is 5.75 Å². The number of aromatic amines is 1. The summed E-state index contributed by atoms with van der Waals surface area (Å²) in [6.07, 6.45) is 0. The molecule has 2 aromatic rings. The molecule has 6 nitrogen and oxygen atoms in total. The first-order valence-corrected chi connectivity index (χ1v) is 6.40. The van der Waals surface area contributed by atoms with Crippen LogP contribution in [0.4, 0.5) is 5.69 Å². The third-order valence-electron chi connectivity index (χ3n) is 2.75. The van der Waals surface area contributed by atoms with Gasteiger partial charge in [0, 0.05) is 11.6 Å². The third kappa shape index (κ3) is 3.46. The lowest BCUT2D eigenvalue weighted by Crippen LogP contribution is -2.18. The molecule has 7 heteroatoms. The van der Waals surface area contributed by atoms with Crippen LogP contribution >= 0.6 is 12.2 Å². The molecule has 4 N–H and O–H groups in total. The van der Waals surface area contributed by atoms with E-state index in [1.165, 1.54) is 25.3 Å². The van der Waals surface area contributed by atoms with Crippen LogP contribution in [0.2, 0.25) is 0 Å². The van der Waals surface area contributed by atoms with E-state index in [9.17, 15) is 9.59 Å². The number of H-pyrrole nitrogens is 1. The number of anilines is 1. The van der Waals surface area contributed by atoms with Gasteiger partial charge >= 0.3 is 0 Å². The van der Waals surface area contributed by atoms with Crippen LogP contribution in [0.1, 0.15) is 16.1 Å². The molecule has 0 fully saturated rings. The van der Waals surface area contributed by atoms with Gasteiger partial charge in [0.05, 0.1) is 12.8 Å². The maximum Gasteiger partial charge on any atom is 0.272 e. The lowest BCUT2D eigenvalue weighted by Gasteiger charge is -2.11. The average molecular weight is 303 g/mol. The largest absolute Gasteiger partial charge is 0.495 e. The molecule has 108 valence electrons. The molecule has 0 bridgehead atoms. The van der Waals surface area contributed by atoms with Gasteiger partial charge in [0.15, 0.2) is 0 Å². The molecule has 0 saturated heterocycles. The first kappa shape index (κ1) is 14.7. The Labute approximate surface area is 125 Å². The number of nitrogens with two attached hydrogens (primary N) is 1. The minimum atomic E-state index is -0.450. The quantitative estimate of drug-likeness (QED) is 0.739. The van der Waals surface area contributed by atoms with E-state index >= 15 is 0 Å². The highest BCUT2D eigenvalue weighted by atomic mass is 32.1. The zero-order chi connectivity index (χ0) is 15.4. The molecule has 0 saturated carbocycles. The fraction of sp³-hybridized carbons (Fsp3) is 0.0714. The van der Waals surface area contributed by atoms with E-state index in [2.05, 4.69) is 10.3 Å². The summed E-state index contributed by atoms with van der Waals surface area (Å²) in [6.45, 7) is 0. The van der Waals surface area contributed by atoms with Crippen LogP contribution in [0.5, 0.6) is 5.75 Å². The van der Waals surface area contributed by atoms with E-state index < -0.39 is 5.91 Å². The predicted molar refractivity (Wildman–Crippen MR) is 83.9 cm³/mol. The van der Waals surface area contributed by atoms with Gasteiger partial charge in [0.2, 0.25) is 5.56 Å². The lowest BCUT2D eigenvalue weighted by molar-refractivity contribution is 0.102. The van der Waals surface area contributed by atoms with E-state index in [1.54, 1.807) is 18.2 Å². The standard InChI is InChI=1S/C14H13N3O3S/c1-20-11-7-8(13(15)21)5-6-9(11)17-14(19)10-3-2-4-12(18)16-10/h2-7H,1H3,(H2,15,21)(H,16,18)(H,17,19). The Bertz CT molecular complexity index is 755. The number of thiocarbonyl (C=S) groups is 1. The van der Waals surface area contributed by atoms with Crippen molar-refractivity contribution in [1.82, 2.24) is 4.98 Å². The number of carbonyl (C=O) groups excluding carboxylic acids is 1. The molecule has 0 unspecified atom stereocenters. The van der Waals surface area contributed by atoms with Crippen LogP contribution in [0.3, 0.4) is 0 Å². The van der Waals surface area contributed by atoms with Crippen LogP contribution < -0.4 is 21.3 Å². The van der Waals surface area contributed by atoms with Crippen molar-refractivity contribution in [2.45, 2.75) is 0 Å². The van der Waals surface area contributed by atoms with Crippen LogP contribution in [0.25, 0.3) is 0 Å². The van der Waals surface area contributed by atoms with Gasteiger partial charge in [-0.3, -0.25) is 9.59 Å². The monoisotopic (exact) mass is 303 g/mol. The van der Waals surface area contributed by atoms with Crippen molar-refractivity contribution in [3.63, 3.8) is 0 Å². The summed E-state index contributed by atoms with van der Waals surface area (Å²) in [5, 5.41) is 2.65. The minimum absolute atomic E-state index is 0.156. The van der Waals surface area contributed by atoms with Crippen LogP contribution in [-0.4, -0.2) is 23.0 Å². The molecule has 1 aromatic carbocycles. The fourth-order valence-corrected chi connectivity index (χ4v) is 1.84. The molecule has 2 rings (SSSR count). The lowest BCUT2D eigenvalue weighted by atomic mass is 10.2. The van der Waals surface area contributed by atoms with E-state index in [0.717, 1.165) is 0 Å². The highest BCUT2D eigenvalue weighted by Crippen LogP contribution is 2.25. The normalized spacial score (nSPS) is 9.95. The van der Waals surface area contributed by atoms with Gasteiger partial charge < -0.3 is 20.8 Å². The van der Waals surface area contributed by atoms with Gasteiger partial charge in [0.25, 0.3) is 5.91 Å². The summed E-state index contributed by atoms with van der Waals surface area (Å²) in [4.78, 5) is 25.9. The number of hydrogen-bond donors (Lipinski definition) is 3.